The van der Waals surface area contributed by atoms with Crippen LogP contribution in [0.4, 0.5) is 4.39 Å². The van der Waals surface area contributed by atoms with Crippen LogP contribution < -0.4 is 0 Å². The number of hydrogen-bond donors (Lipinski definition) is 1. The lowest BCUT2D eigenvalue weighted by Gasteiger charge is -2.06. The normalized spacial score (nSPS) is 14.2. The number of hydrogen-bond acceptors (Lipinski definition) is 1. The summed E-state index contributed by atoms with van der Waals surface area (Å²) >= 11 is 0. The number of aliphatic carboxylic acids is 1. The van der Waals surface area contributed by atoms with E-state index in [9.17, 15) is 14.3 Å². The molecule has 0 saturated carbocycles. The van der Waals surface area contributed by atoms with Gasteiger partial charge in [0.05, 0.1) is 6.42 Å². The van der Waals surface area contributed by atoms with Gasteiger partial charge in [-0.15, -0.1) is 0 Å². The predicted octanol–water partition coefficient (Wildman–Crippen LogP) is 6.80. The maximum absolute atomic E-state index is 13.8. The third kappa shape index (κ3) is 4.83. The fourth-order valence-electron chi connectivity index (χ4n) is 4.22. The molecule has 0 bridgehead atoms. The molecule has 156 valence electrons. The summed E-state index contributed by atoms with van der Waals surface area (Å²) in [5.41, 5.74) is 7.83. The van der Waals surface area contributed by atoms with E-state index in [0.717, 1.165) is 41.5 Å². The monoisotopic (exact) mass is 412 g/mol. The Bertz CT molecular complexity index is 1160. The first-order valence-electron chi connectivity index (χ1n) is 10.6. The number of carboxylic acid groups (broad SMARTS) is 1. The molecule has 3 aromatic carbocycles. The van der Waals surface area contributed by atoms with Crippen molar-refractivity contribution in [2.45, 2.75) is 32.6 Å². The van der Waals surface area contributed by atoms with Crippen molar-refractivity contribution >= 4 is 23.2 Å². The number of halogens is 1. The summed E-state index contributed by atoms with van der Waals surface area (Å²) in [6.45, 7) is 1.92. The Hall–Kier alpha value is -3.46. The van der Waals surface area contributed by atoms with Crippen molar-refractivity contribution in [1.29, 1.82) is 0 Å². The van der Waals surface area contributed by atoms with E-state index in [0.29, 0.717) is 11.1 Å². The number of carboxylic acids is 1. The summed E-state index contributed by atoms with van der Waals surface area (Å²) < 4.78 is 13.8. The summed E-state index contributed by atoms with van der Waals surface area (Å²) in [5.74, 6) is -1.26. The molecule has 0 fully saturated rings. The van der Waals surface area contributed by atoms with Crippen LogP contribution in [0.3, 0.4) is 0 Å². The van der Waals surface area contributed by atoms with Gasteiger partial charge in [0, 0.05) is 0 Å². The predicted molar refractivity (Wildman–Crippen MR) is 124 cm³/mol. The lowest BCUT2D eigenvalue weighted by Crippen LogP contribution is -1.97. The maximum atomic E-state index is 13.8. The van der Waals surface area contributed by atoms with Crippen molar-refractivity contribution in [2.75, 3.05) is 0 Å². The summed E-state index contributed by atoms with van der Waals surface area (Å²) in [6.07, 6.45) is 5.14. The lowest BCUT2D eigenvalue weighted by molar-refractivity contribution is -0.135. The van der Waals surface area contributed by atoms with Crippen LogP contribution in [0.2, 0.25) is 0 Å². The van der Waals surface area contributed by atoms with Crippen molar-refractivity contribution in [3.63, 3.8) is 0 Å². The molecule has 3 aromatic rings. The Balaban J connectivity index is 1.52. The molecule has 31 heavy (non-hydrogen) atoms. The van der Waals surface area contributed by atoms with Gasteiger partial charge in [-0.3, -0.25) is 4.79 Å². The lowest BCUT2D eigenvalue weighted by atomic mass is 9.99. The van der Waals surface area contributed by atoms with E-state index in [1.807, 2.05) is 13.0 Å². The third-order valence-corrected chi connectivity index (χ3v) is 5.85. The molecule has 0 aromatic heterocycles. The summed E-state index contributed by atoms with van der Waals surface area (Å²) in [4.78, 5) is 11.3. The van der Waals surface area contributed by atoms with Crippen LogP contribution in [-0.4, -0.2) is 11.1 Å². The van der Waals surface area contributed by atoms with Gasteiger partial charge in [-0.05, 0) is 88.9 Å². The largest absolute Gasteiger partial charge is 0.481 e. The molecule has 1 N–H and O–H groups in total. The van der Waals surface area contributed by atoms with Crippen LogP contribution in [-0.2, 0) is 17.6 Å². The fourth-order valence-corrected chi connectivity index (χ4v) is 4.22. The van der Waals surface area contributed by atoms with Crippen LogP contribution in [0.1, 0.15) is 47.6 Å². The van der Waals surface area contributed by atoms with Gasteiger partial charge in [-0.25, -0.2) is 4.39 Å². The van der Waals surface area contributed by atoms with Gasteiger partial charge in [0.15, 0.2) is 0 Å². The number of carbonyl (C=O) groups is 1. The zero-order valence-electron chi connectivity index (χ0n) is 17.6. The minimum atomic E-state index is -0.911. The van der Waals surface area contributed by atoms with Gasteiger partial charge in [-0.2, -0.15) is 0 Å². The molecule has 0 radical (unpaired) electrons. The Morgan fingerprint density at radius 1 is 0.903 bits per heavy atom. The molecule has 4 rings (SSSR count). The van der Waals surface area contributed by atoms with Crippen molar-refractivity contribution in [3.8, 4) is 0 Å². The van der Waals surface area contributed by atoms with Gasteiger partial charge in [0.25, 0.3) is 0 Å². The highest BCUT2D eigenvalue weighted by Crippen LogP contribution is 2.43. The van der Waals surface area contributed by atoms with E-state index >= 15 is 0 Å². The molecule has 0 amide bonds. The fraction of sp³-hybridized carbons (Fsp3) is 0.179. The molecule has 2 nitrogen and oxygen atoms in total. The van der Waals surface area contributed by atoms with Crippen LogP contribution in [0.15, 0.2) is 78.4 Å². The molecule has 1 aliphatic rings. The van der Waals surface area contributed by atoms with E-state index in [1.165, 1.54) is 23.3 Å². The minimum Gasteiger partial charge on any atom is -0.481 e. The number of allylic oxidation sites excluding steroid dienone is 2. The Morgan fingerprint density at radius 2 is 1.58 bits per heavy atom. The van der Waals surface area contributed by atoms with Crippen LogP contribution >= 0.6 is 0 Å². The smallest absolute Gasteiger partial charge is 0.307 e. The highest BCUT2D eigenvalue weighted by Gasteiger charge is 2.25. The van der Waals surface area contributed by atoms with Crippen molar-refractivity contribution in [2.24, 2.45) is 0 Å². The zero-order valence-corrected chi connectivity index (χ0v) is 17.6. The van der Waals surface area contributed by atoms with Crippen LogP contribution in [0, 0.1) is 5.82 Å². The second-order valence-electron chi connectivity index (χ2n) is 8.00. The molecule has 0 heterocycles. The highest BCUT2D eigenvalue weighted by atomic mass is 19.1. The molecule has 0 spiro atoms. The first-order valence-corrected chi connectivity index (χ1v) is 10.6. The molecule has 3 heteroatoms. The number of rotatable bonds is 7. The molecule has 0 saturated heterocycles. The van der Waals surface area contributed by atoms with Gasteiger partial charge >= 0.3 is 5.97 Å². The SMILES string of the molecule is CC1=C(CC(=O)O)c2cc(F)ccc2/C1=C\c1ccc(CCCc2ccccc2)cc1. The van der Waals surface area contributed by atoms with Gasteiger partial charge in [0.1, 0.15) is 5.82 Å². The molecule has 1 aliphatic carbocycles. The Kier molecular flexibility index (Phi) is 6.13. The maximum Gasteiger partial charge on any atom is 0.307 e. The molecule has 0 atom stereocenters. The third-order valence-electron chi connectivity index (χ3n) is 5.85. The first kappa shape index (κ1) is 20.8. The first-order chi connectivity index (χ1) is 15.0. The zero-order chi connectivity index (χ0) is 21.8. The van der Waals surface area contributed by atoms with E-state index in [1.54, 1.807) is 6.07 Å². The minimum absolute atomic E-state index is 0.111. The van der Waals surface area contributed by atoms with Crippen molar-refractivity contribution < 1.29 is 14.3 Å². The van der Waals surface area contributed by atoms with Gasteiger partial charge < -0.3 is 5.11 Å². The molecular weight excluding hydrogens is 387 g/mol. The summed E-state index contributed by atoms with van der Waals surface area (Å²) in [5, 5.41) is 9.29. The highest BCUT2D eigenvalue weighted by molar-refractivity contribution is 6.07. The van der Waals surface area contributed by atoms with E-state index in [4.69, 9.17) is 0 Å². The van der Waals surface area contributed by atoms with E-state index < -0.39 is 5.97 Å². The van der Waals surface area contributed by atoms with Crippen LogP contribution in [0.5, 0.6) is 0 Å². The standard InChI is InChI=1S/C28H25FO2/c1-19-25(24-15-14-23(29)17-27(24)26(19)18-28(30)31)16-22-12-10-21(11-13-22)9-5-8-20-6-3-2-4-7-20/h2-4,6-7,10-17H,5,8-9,18H2,1H3,(H,30,31)/b25-16-. The number of aryl methyl sites for hydroxylation is 2. The average molecular weight is 413 g/mol. The summed E-state index contributed by atoms with van der Waals surface area (Å²) in [7, 11) is 0. The molecule has 0 aliphatic heterocycles. The van der Waals surface area contributed by atoms with Crippen LogP contribution in [0.25, 0.3) is 17.2 Å². The second-order valence-corrected chi connectivity index (χ2v) is 8.00. The number of fused-ring (bicyclic) bond motifs is 1. The van der Waals surface area contributed by atoms with E-state index in [-0.39, 0.29) is 12.2 Å². The summed E-state index contributed by atoms with van der Waals surface area (Å²) in [6, 6.07) is 23.6. The van der Waals surface area contributed by atoms with Gasteiger partial charge in [0.2, 0.25) is 0 Å². The van der Waals surface area contributed by atoms with E-state index in [2.05, 4.69) is 54.6 Å². The quantitative estimate of drug-likeness (QED) is 0.463. The Labute approximate surface area is 182 Å². The van der Waals surface area contributed by atoms with Gasteiger partial charge in [-0.1, -0.05) is 60.7 Å². The average Bonchev–Trinajstić information content (AvgIpc) is 3.00. The Morgan fingerprint density at radius 3 is 2.26 bits per heavy atom. The van der Waals surface area contributed by atoms with Crippen molar-refractivity contribution in [3.05, 3.63) is 112 Å². The molecular formula is C28H25FO2. The number of benzene rings is 3. The topological polar surface area (TPSA) is 37.3 Å². The second kappa shape index (κ2) is 9.13. The van der Waals surface area contributed by atoms with Crippen molar-refractivity contribution in [1.82, 2.24) is 0 Å². The molecule has 0 unspecified atom stereocenters.